The van der Waals surface area contributed by atoms with Gasteiger partial charge in [-0.05, 0) is 27.8 Å². The summed E-state index contributed by atoms with van der Waals surface area (Å²) < 4.78 is 19.3. The molecule has 0 amide bonds. The molecule has 5 aromatic rings. The van der Waals surface area contributed by atoms with Crippen molar-refractivity contribution < 1.29 is 24.4 Å². The molecule has 0 saturated heterocycles. The summed E-state index contributed by atoms with van der Waals surface area (Å²) in [5.74, 6) is 0. The first kappa shape index (κ1) is 34.2. The summed E-state index contributed by atoms with van der Waals surface area (Å²) in [6.07, 6.45) is -2.57. The molecule has 0 heterocycles. The molecule has 0 unspecified atom stereocenters. The van der Waals surface area contributed by atoms with Gasteiger partial charge in [0, 0.05) is 13.1 Å². The molecule has 0 fully saturated rings. The minimum absolute atomic E-state index is 0.0368. The molecular weight excluding hydrogens is 586 g/mol. The predicted molar refractivity (Wildman–Crippen MR) is 185 cm³/mol. The second-order valence-corrected chi connectivity index (χ2v) is 11.7. The highest BCUT2D eigenvalue weighted by Gasteiger charge is 2.39. The van der Waals surface area contributed by atoms with Gasteiger partial charge in [0.25, 0.3) is 0 Å². The van der Waals surface area contributed by atoms with Gasteiger partial charge in [-0.15, -0.1) is 0 Å². The summed E-state index contributed by atoms with van der Waals surface area (Å²) >= 11 is 0. The fraction of sp³-hybridized carbons (Fsp3) is 0.268. The van der Waals surface area contributed by atoms with Gasteiger partial charge < -0.3 is 24.4 Å². The van der Waals surface area contributed by atoms with E-state index in [1.54, 1.807) is 0 Å². The van der Waals surface area contributed by atoms with E-state index in [0.29, 0.717) is 19.7 Å². The van der Waals surface area contributed by atoms with Crippen LogP contribution in [0.3, 0.4) is 0 Å². The lowest BCUT2D eigenvalue weighted by atomic mass is 9.98. The van der Waals surface area contributed by atoms with Crippen molar-refractivity contribution >= 4 is 0 Å². The third-order valence-corrected chi connectivity index (χ3v) is 8.17. The van der Waals surface area contributed by atoms with Crippen LogP contribution in [0.5, 0.6) is 0 Å². The van der Waals surface area contributed by atoms with Crippen molar-refractivity contribution in [1.29, 1.82) is 0 Å². The summed E-state index contributed by atoms with van der Waals surface area (Å²) in [7, 11) is 0. The van der Waals surface area contributed by atoms with Gasteiger partial charge in [-0.25, -0.2) is 0 Å². The Kier molecular flexibility index (Phi) is 13.7. The largest absolute Gasteiger partial charge is 0.395 e. The van der Waals surface area contributed by atoms with Crippen LogP contribution >= 0.6 is 0 Å². The number of hydrogen-bond acceptors (Lipinski definition) is 6. The second-order valence-electron chi connectivity index (χ2n) is 11.7. The van der Waals surface area contributed by atoms with Crippen molar-refractivity contribution in [3.05, 3.63) is 179 Å². The summed E-state index contributed by atoms with van der Waals surface area (Å²) in [5.41, 5.74) is 5.20. The van der Waals surface area contributed by atoms with Crippen LogP contribution in [0, 0.1) is 0 Å². The van der Waals surface area contributed by atoms with Gasteiger partial charge in [-0.3, -0.25) is 4.90 Å². The van der Waals surface area contributed by atoms with Gasteiger partial charge >= 0.3 is 0 Å². The van der Waals surface area contributed by atoms with Gasteiger partial charge in [-0.1, -0.05) is 152 Å². The van der Waals surface area contributed by atoms with E-state index in [4.69, 9.17) is 14.2 Å². The number of nitrogens with zero attached hydrogens (tertiary/aromatic N) is 1. The van der Waals surface area contributed by atoms with Crippen LogP contribution < -0.4 is 0 Å². The summed E-state index contributed by atoms with van der Waals surface area (Å²) in [4.78, 5) is 2.22. The number of benzene rings is 5. The maximum atomic E-state index is 11.8. The van der Waals surface area contributed by atoms with E-state index in [1.807, 2.05) is 127 Å². The van der Waals surface area contributed by atoms with Crippen LogP contribution in [0.15, 0.2) is 152 Å². The highest BCUT2D eigenvalue weighted by Crippen LogP contribution is 2.25. The molecule has 0 saturated carbocycles. The first-order valence-electron chi connectivity index (χ1n) is 16.2. The average molecular weight is 632 g/mol. The maximum Gasteiger partial charge on any atom is 0.114 e. The molecule has 0 aromatic heterocycles. The van der Waals surface area contributed by atoms with Crippen molar-refractivity contribution in [3.63, 3.8) is 0 Å². The monoisotopic (exact) mass is 631 g/mol. The van der Waals surface area contributed by atoms with E-state index in [-0.39, 0.29) is 26.4 Å². The summed E-state index contributed by atoms with van der Waals surface area (Å²) in [6.45, 7) is 1.88. The Balaban J connectivity index is 1.47. The second kappa shape index (κ2) is 18.9. The standard InChI is InChI=1S/C41H45NO5/c43-28-38(42(26-33-16-6-1-7-17-33)27-34-18-8-2-9-19-34)40(46-30-36-22-12-4-13-23-36)41(47-31-37-24-14-5-15-25-37)39(44)32-45-29-35-20-10-3-11-21-35/h1-25,38-41,43-44H,26-32H2/t38-,39+,40+,41-/m0/s1. The van der Waals surface area contributed by atoms with Crippen molar-refractivity contribution in [3.8, 4) is 0 Å². The minimum Gasteiger partial charge on any atom is -0.395 e. The molecule has 0 radical (unpaired) electrons. The van der Waals surface area contributed by atoms with E-state index < -0.39 is 24.4 Å². The fourth-order valence-corrected chi connectivity index (χ4v) is 5.70. The molecule has 6 nitrogen and oxygen atoms in total. The normalized spacial score (nSPS) is 14.0. The SMILES string of the molecule is OC[C@@H]([C@@H](OCc1ccccc1)[C@@H](OCc1ccccc1)[C@H](O)COCc1ccccc1)N(Cc1ccccc1)Cc1ccccc1. The van der Waals surface area contributed by atoms with Crippen LogP contribution in [0.2, 0.25) is 0 Å². The van der Waals surface area contributed by atoms with Gasteiger partial charge in [-0.2, -0.15) is 0 Å². The Morgan fingerprint density at radius 2 is 0.830 bits per heavy atom. The predicted octanol–water partition coefficient (Wildman–Crippen LogP) is 6.80. The Morgan fingerprint density at radius 1 is 0.468 bits per heavy atom. The zero-order chi connectivity index (χ0) is 32.5. The Hall–Kier alpha value is -4.14. The van der Waals surface area contributed by atoms with Crippen molar-refractivity contribution in [2.75, 3.05) is 13.2 Å². The molecule has 0 aliphatic heterocycles. The summed E-state index contributed by atoms with van der Waals surface area (Å²) in [5, 5.41) is 23.0. The molecule has 0 aliphatic rings. The van der Waals surface area contributed by atoms with Crippen LogP contribution in [-0.2, 0) is 47.1 Å². The number of aliphatic hydroxyl groups excluding tert-OH is 2. The first-order chi connectivity index (χ1) is 23.2. The third kappa shape index (κ3) is 11.0. The summed E-state index contributed by atoms with van der Waals surface area (Å²) in [6, 6.07) is 49.6. The Labute approximate surface area is 278 Å². The molecule has 4 atom stereocenters. The molecule has 6 heteroatoms. The van der Waals surface area contributed by atoms with Gasteiger partial charge in [0.05, 0.1) is 39.1 Å². The molecule has 244 valence electrons. The molecular formula is C41H45NO5. The van der Waals surface area contributed by atoms with Crippen LogP contribution in [0.25, 0.3) is 0 Å². The zero-order valence-electron chi connectivity index (χ0n) is 26.8. The lowest BCUT2D eigenvalue weighted by Crippen LogP contribution is -2.56. The molecule has 2 N–H and O–H groups in total. The molecule has 0 aliphatic carbocycles. The highest BCUT2D eigenvalue weighted by molar-refractivity contribution is 5.19. The lowest BCUT2D eigenvalue weighted by Gasteiger charge is -2.41. The van der Waals surface area contributed by atoms with Crippen LogP contribution in [0.4, 0.5) is 0 Å². The smallest absolute Gasteiger partial charge is 0.114 e. The zero-order valence-corrected chi connectivity index (χ0v) is 26.8. The van der Waals surface area contributed by atoms with Gasteiger partial charge in [0.1, 0.15) is 18.3 Å². The van der Waals surface area contributed by atoms with E-state index in [0.717, 1.165) is 27.8 Å². The van der Waals surface area contributed by atoms with Crippen molar-refractivity contribution in [2.45, 2.75) is 57.3 Å². The molecule has 5 aromatic carbocycles. The Morgan fingerprint density at radius 3 is 1.23 bits per heavy atom. The lowest BCUT2D eigenvalue weighted by molar-refractivity contribution is -0.173. The van der Waals surface area contributed by atoms with Crippen LogP contribution in [-0.4, -0.2) is 52.7 Å². The molecule has 47 heavy (non-hydrogen) atoms. The van der Waals surface area contributed by atoms with Crippen molar-refractivity contribution in [1.82, 2.24) is 4.90 Å². The van der Waals surface area contributed by atoms with E-state index >= 15 is 0 Å². The van der Waals surface area contributed by atoms with E-state index in [1.165, 1.54) is 0 Å². The quantitative estimate of drug-likeness (QED) is 0.105. The van der Waals surface area contributed by atoms with E-state index in [2.05, 4.69) is 29.2 Å². The fourth-order valence-electron chi connectivity index (χ4n) is 5.70. The number of aliphatic hydroxyl groups is 2. The van der Waals surface area contributed by atoms with Gasteiger partial charge in [0.15, 0.2) is 0 Å². The highest BCUT2D eigenvalue weighted by atomic mass is 16.6. The maximum absolute atomic E-state index is 11.8. The van der Waals surface area contributed by atoms with Crippen LogP contribution in [0.1, 0.15) is 27.8 Å². The average Bonchev–Trinajstić information content (AvgIpc) is 3.13. The minimum atomic E-state index is -1.03. The van der Waals surface area contributed by atoms with Gasteiger partial charge in [0.2, 0.25) is 0 Å². The molecule has 5 rings (SSSR count). The molecule has 0 bridgehead atoms. The third-order valence-electron chi connectivity index (χ3n) is 8.17. The van der Waals surface area contributed by atoms with Crippen molar-refractivity contribution in [2.24, 2.45) is 0 Å². The first-order valence-corrected chi connectivity index (χ1v) is 16.2. The number of ether oxygens (including phenoxy) is 3. The number of rotatable bonds is 19. The molecule has 0 spiro atoms. The van der Waals surface area contributed by atoms with E-state index in [9.17, 15) is 10.2 Å². The topological polar surface area (TPSA) is 71.4 Å². The number of hydrogen-bond donors (Lipinski definition) is 2. The Bertz CT molecular complexity index is 1480.